The summed E-state index contributed by atoms with van der Waals surface area (Å²) in [6.07, 6.45) is 30.1. The molecule has 8 nitrogen and oxygen atoms in total. The molecular weight excluding hydrogens is 591 g/mol. The van der Waals surface area contributed by atoms with Crippen molar-refractivity contribution in [2.75, 3.05) is 19.8 Å². The highest BCUT2D eigenvalue weighted by atomic mass is 31.2. The Bertz CT molecular complexity index is 717. The van der Waals surface area contributed by atoms with Gasteiger partial charge in [0.1, 0.15) is 6.61 Å². The van der Waals surface area contributed by atoms with Crippen LogP contribution in [-0.4, -0.2) is 42.8 Å². The van der Waals surface area contributed by atoms with Gasteiger partial charge >= 0.3 is 19.8 Å². The number of rotatable bonds is 35. The minimum Gasteiger partial charge on any atom is -0.462 e. The van der Waals surface area contributed by atoms with Crippen molar-refractivity contribution in [2.24, 2.45) is 0 Å². The Hall–Kier alpha value is -0.950. The Kier molecular flexibility index (Phi) is 32.3. The van der Waals surface area contributed by atoms with Crippen LogP contribution < -0.4 is 0 Å². The van der Waals surface area contributed by atoms with Crippen LogP contribution in [-0.2, 0) is 32.7 Å². The van der Waals surface area contributed by atoms with Gasteiger partial charge in [0, 0.05) is 12.8 Å². The minimum absolute atomic E-state index is 0.00526. The first-order valence-electron chi connectivity index (χ1n) is 18.8. The van der Waals surface area contributed by atoms with Gasteiger partial charge in [0.05, 0.1) is 13.2 Å². The Morgan fingerprint density at radius 2 is 0.867 bits per heavy atom. The number of phosphoric ester groups is 1. The molecule has 268 valence electrons. The lowest BCUT2D eigenvalue weighted by Gasteiger charge is -2.19. The minimum atomic E-state index is -4.26. The molecule has 2 atom stereocenters. The van der Waals surface area contributed by atoms with Crippen molar-refractivity contribution in [1.29, 1.82) is 0 Å². The van der Waals surface area contributed by atoms with Crippen molar-refractivity contribution in [2.45, 2.75) is 200 Å². The van der Waals surface area contributed by atoms with Crippen LogP contribution in [0.15, 0.2) is 0 Å². The largest absolute Gasteiger partial charge is 0.472 e. The summed E-state index contributed by atoms with van der Waals surface area (Å²) in [5, 5.41) is 0. The Labute approximate surface area is 277 Å². The lowest BCUT2D eigenvalue weighted by atomic mass is 10.0. The summed E-state index contributed by atoms with van der Waals surface area (Å²) in [7, 11) is -4.26. The van der Waals surface area contributed by atoms with E-state index in [4.69, 9.17) is 18.5 Å². The topological polar surface area (TPSA) is 108 Å². The molecule has 0 bridgehead atoms. The molecule has 0 radical (unpaired) electrons. The summed E-state index contributed by atoms with van der Waals surface area (Å²) in [6, 6.07) is 0. The van der Waals surface area contributed by atoms with Gasteiger partial charge in [0.25, 0.3) is 0 Å². The van der Waals surface area contributed by atoms with Crippen LogP contribution in [0.3, 0.4) is 0 Å². The Morgan fingerprint density at radius 3 is 1.24 bits per heavy atom. The lowest BCUT2D eigenvalue weighted by Crippen LogP contribution is -2.29. The molecular formula is C36H71O8P. The normalized spacial score (nSPS) is 13.4. The summed E-state index contributed by atoms with van der Waals surface area (Å²) >= 11 is 0. The maximum atomic E-state index is 12.5. The number of hydrogen-bond donors (Lipinski definition) is 1. The molecule has 0 aliphatic rings. The molecule has 2 unspecified atom stereocenters. The number of carbonyl (C=O) groups is 2. The quantitative estimate of drug-likeness (QED) is 0.0406. The molecule has 1 N–H and O–H groups in total. The molecule has 0 saturated carbocycles. The van der Waals surface area contributed by atoms with Gasteiger partial charge in [-0.15, -0.1) is 0 Å². The lowest BCUT2D eigenvalue weighted by molar-refractivity contribution is -0.161. The summed E-state index contributed by atoms with van der Waals surface area (Å²) in [5.74, 6) is -0.788. The highest BCUT2D eigenvalue weighted by molar-refractivity contribution is 7.47. The second-order valence-electron chi connectivity index (χ2n) is 12.6. The SMILES string of the molecule is CCCCCCCCCCCCCCCCC(=O)OC(COC(=O)CCCCCCCCCCCCC)COP(=O)(O)OCC. The van der Waals surface area contributed by atoms with E-state index in [2.05, 4.69) is 13.8 Å². The zero-order chi connectivity index (χ0) is 33.3. The number of esters is 2. The third-order valence-electron chi connectivity index (χ3n) is 8.16. The van der Waals surface area contributed by atoms with Crippen LogP contribution in [0, 0.1) is 0 Å². The van der Waals surface area contributed by atoms with E-state index in [1.807, 2.05) is 0 Å². The molecule has 0 amide bonds. The van der Waals surface area contributed by atoms with Crippen LogP contribution in [0.2, 0.25) is 0 Å². The molecule has 0 fully saturated rings. The molecule has 45 heavy (non-hydrogen) atoms. The Morgan fingerprint density at radius 1 is 0.511 bits per heavy atom. The number of phosphoric acid groups is 1. The van der Waals surface area contributed by atoms with E-state index in [1.165, 1.54) is 122 Å². The van der Waals surface area contributed by atoms with Gasteiger partial charge in [0.2, 0.25) is 0 Å². The van der Waals surface area contributed by atoms with Crippen LogP contribution in [0.1, 0.15) is 194 Å². The molecule has 0 aromatic carbocycles. The maximum Gasteiger partial charge on any atom is 0.472 e. The average molecular weight is 663 g/mol. The van der Waals surface area contributed by atoms with E-state index in [0.717, 1.165) is 38.5 Å². The van der Waals surface area contributed by atoms with Crippen molar-refractivity contribution in [3.8, 4) is 0 Å². The van der Waals surface area contributed by atoms with Gasteiger partial charge in [-0.1, -0.05) is 162 Å². The molecule has 0 aliphatic heterocycles. The van der Waals surface area contributed by atoms with Gasteiger partial charge in [-0.2, -0.15) is 0 Å². The first-order valence-corrected chi connectivity index (χ1v) is 20.3. The number of unbranched alkanes of at least 4 members (excludes halogenated alkanes) is 23. The zero-order valence-electron chi connectivity index (χ0n) is 29.5. The van der Waals surface area contributed by atoms with Crippen molar-refractivity contribution in [1.82, 2.24) is 0 Å². The highest BCUT2D eigenvalue weighted by Crippen LogP contribution is 2.43. The first-order chi connectivity index (χ1) is 21.8. The fourth-order valence-corrected chi connectivity index (χ4v) is 6.15. The van der Waals surface area contributed by atoms with Gasteiger partial charge in [-0.05, 0) is 19.8 Å². The molecule has 9 heteroatoms. The third kappa shape index (κ3) is 32.8. The second kappa shape index (κ2) is 33.0. The monoisotopic (exact) mass is 662 g/mol. The molecule has 0 rings (SSSR count). The zero-order valence-corrected chi connectivity index (χ0v) is 30.4. The van der Waals surface area contributed by atoms with Crippen LogP contribution in [0.4, 0.5) is 0 Å². The smallest absolute Gasteiger partial charge is 0.462 e. The fraction of sp³-hybridized carbons (Fsp3) is 0.944. The average Bonchev–Trinajstić information content (AvgIpc) is 3.01. The molecule has 0 spiro atoms. The number of carbonyl (C=O) groups excluding carboxylic acids is 2. The fourth-order valence-electron chi connectivity index (χ4n) is 5.39. The third-order valence-corrected chi connectivity index (χ3v) is 9.22. The van der Waals surface area contributed by atoms with E-state index in [9.17, 15) is 19.0 Å². The van der Waals surface area contributed by atoms with E-state index in [0.29, 0.717) is 6.42 Å². The van der Waals surface area contributed by atoms with Gasteiger partial charge in [0.15, 0.2) is 6.10 Å². The standard InChI is InChI=1S/C36H71O8P/c1-4-7-9-11-13-15-17-18-19-21-23-25-27-29-31-36(38)44-34(33-43-45(39,40)42-6-3)32-41-35(37)30-28-26-24-22-20-16-14-12-10-8-5-2/h34H,4-33H2,1-3H3,(H,39,40). The van der Waals surface area contributed by atoms with Crippen LogP contribution in [0.5, 0.6) is 0 Å². The second-order valence-corrected chi connectivity index (χ2v) is 14.1. The molecule has 0 heterocycles. The number of ether oxygens (including phenoxy) is 2. The predicted molar refractivity (Wildman–Crippen MR) is 184 cm³/mol. The van der Waals surface area contributed by atoms with Gasteiger partial charge in [-0.25, -0.2) is 4.57 Å². The summed E-state index contributed by atoms with van der Waals surface area (Å²) < 4.78 is 32.5. The Balaban J connectivity index is 4.12. The van der Waals surface area contributed by atoms with Crippen molar-refractivity contribution in [3.05, 3.63) is 0 Å². The van der Waals surface area contributed by atoms with Crippen LogP contribution in [0.25, 0.3) is 0 Å². The van der Waals surface area contributed by atoms with Gasteiger partial charge < -0.3 is 14.4 Å². The van der Waals surface area contributed by atoms with Crippen molar-refractivity contribution in [3.63, 3.8) is 0 Å². The highest BCUT2D eigenvalue weighted by Gasteiger charge is 2.25. The molecule has 0 aromatic rings. The maximum absolute atomic E-state index is 12.5. The van der Waals surface area contributed by atoms with E-state index < -0.39 is 19.9 Å². The summed E-state index contributed by atoms with van der Waals surface area (Å²) in [5.41, 5.74) is 0. The molecule has 0 aromatic heterocycles. The summed E-state index contributed by atoms with van der Waals surface area (Å²) in [6.45, 7) is 5.47. The van der Waals surface area contributed by atoms with E-state index >= 15 is 0 Å². The molecule has 0 aliphatic carbocycles. The van der Waals surface area contributed by atoms with E-state index in [-0.39, 0.29) is 32.2 Å². The van der Waals surface area contributed by atoms with E-state index in [1.54, 1.807) is 6.92 Å². The predicted octanol–water partition coefficient (Wildman–Crippen LogP) is 11.2. The van der Waals surface area contributed by atoms with Crippen molar-refractivity contribution < 1.29 is 37.6 Å². The summed E-state index contributed by atoms with van der Waals surface area (Å²) in [4.78, 5) is 34.5. The molecule has 0 saturated heterocycles. The van der Waals surface area contributed by atoms with Crippen molar-refractivity contribution >= 4 is 19.8 Å². The first kappa shape index (κ1) is 44.0. The van der Waals surface area contributed by atoms with Crippen LogP contribution >= 0.6 is 7.82 Å². The van der Waals surface area contributed by atoms with Gasteiger partial charge in [-0.3, -0.25) is 18.6 Å². The number of hydrogen-bond acceptors (Lipinski definition) is 7.